The highest BCUT2D eigenvalue weighted by Gasteiger charge is 2.15. The molecule has 0 saturated carbocycles. The van der Waals surface area contributed by atoms with Crippen LogP contribution in [0.25, 0.3) is 0 Å². The molecule has 7 nitrogen and oxygen atoms in total. The zero-order chi connectivity index (χ0) is 20.0. The van der Waals surface area contributed by atoms with Crippen molar-refractivity contribution < 1.29 is 13.2 Å². The van der Waals surface area contributed by atoms with E-state index in [1.54, 1.807) is 48.5 Å². The third-order valence-electron chi connectivity index (χ3n) is 3.65. The second kappa shape index (κ2) is 9.13. The van der Waals surface area contributed by atoms with Gasteiger partial charge in [0.15, 0.2) is 0 Å². The van der Waals surface area contributed by atoms with Gasteiger partial charge in [0.05, 0.1) is 16.3 Å². The molecule has 0 bridgehead atoms. The standard InChI is InChI=1S/C18H17ClN4O3S2/c19-15-9-5-4-8-14(15)17(24)20-11-10-16-21-22-18(27-16)23-28(25,26)12-13-6-2-1-3-7-13/h1-9H,10-12H2,(H,20,24)(H,22,23). The molecule has 0 fully saturated rings. The van der Waals surface area contributed by atoms with Crippen LogP contribution in [0.1, 0.15) is 20.9 Å². The number of nitrogens with one attached hydrogen (secondary N) is 2. The predicted molar refractivity (Wildman–Crippen MR) is 110 cm³/mol. The van der Waals surface area contributed by atoms with E-state index in [2.05, 4.69) is 20.2 Å². The minimum absolute atomic E-state index is 0.142. The number of hydrogen-bond donors (Lipinski definition) is 2. The quantitative estimate of drug-likeness (QED) is 0.565. The fourth-order valence-corrected chi connectivity index (χ4v) is 4.75. The molecule has 0 aliphatic heterocycles. The van der Waals surface area contributed by atoms with E-state index in [9.17, 15) is 13.2 Å². The van der Waals surface area contributed by atoms with Crippen molar-refractivity contribution in [3.05, 3.63) is 75.8 Å². The lowest BCUT2D eigenvalue weighted by Crippen LogP contribution is -2.25. The van der Waals surface area contributed by atoms with Gasteiger partial charge in [-0.1, -0.05) is 65.4 Å². The summed E-state index contributed by atoms with van der Waals surface area (Å²) in [5.41, 5.74) is 1.08. The van der Waals surface area contributed by atoms with Crippen molar-refractivity contribution in [1.29, 1.82) is 0 Å². The average molecular weight is 437 g/mol. The van der Waals surface area contributed by atoms with Crippen molar-refractivity contribution in [3.63, 3.8) is 0 Å². The van der Waals surface area contributed by atoms with Crippen LogP contribution in [0.2, 0.25) is 5.02 Å². The van der Waals surface area contributed by atoms with Crippen LogP contribution in [-0.2, 0) is 22.2 Å². The van der Waals surface area contributed by atoms with Gasteiger partial charge in [0.25, 0.3) is 5.91 Å². The highest BCUT2D eigenvalue weighted by molar-refractivity contribution is 7.92. The SMILES string of the molecule is O=C(NCCc1nnc(NS(=O)(=O)Cc2ccccc2)s1)c1ccccc1Cl. The first-order valence-electron chi connectivity index (χ1n) is 8.32. The number of nitrogens with zero attached hydrogens (tertiary/aromatic N) is 2. The first-order valence-corrected chi connectivity index (χ1v) is 11.2. The highest BCUT2D eigenvalue weighted by Crippen LogP contribution is 2.19. The Hall–Kier alpha value is -2.49. The number of hydrogen-bond acceptors (Lipinski definition) is 6. The van der Waals surface area contributed by atoms with Gasteiger partial charge >= 0.3 is 0 Å². The third-order valence-corrected chi connectivity index (χ3v) is 6.23. The summed E-state index contributed by atoms with van der Waals surface area (Å²) < 4.78 is 26.9. The number of aromatic nitrogens is 2. The Balaban J connectivity index is 1.51. The zero-order valence-corrected chi connectivity index (χ0v) is 17.0. The van der Waals surface area contributed by atoms with Gasteiger partial charge in [-0.25, -0.2) is 8.42 Å². The molecule has 1 aromatic heterocycles. The van der Waals surface area contributed by atoms with Crippen LogP contribution in [-0.4, -0.2) is 31.1 Å². The molecule has 0 aliphatic rings. The van der Waals surface area contributed by atoms with Crippen LogP contribution >= 0.6 is 22.9 Å². The monoisotopic (exact) mass is 436 g/mol. The van der Waals surface area contributed by atoms with Crippen LogP contribution < -0.4 is 10.0 Å². The molecule has 2 aromatic carbocycles. The van der Waals surface area contributed by atoms with Crippen molar-refractivity contribution in [3.8, 4) is 0 Å². The second-order valence-corrected chi connectivity index (χ2v) is 9.03. The fraction of sp³-hybridized carbons (Fsp3) is 0.167. The Morgan fingerprint density at radius 2 is 1.75 bits per heavy atom. The van der Waals surface area contributed by atoms with Gasteiger partial charge in [-0.05, 0) is 17.7 Å². The average Bonchev–Trinajstić information content (AvgIpc) is 3.08. The minimum Gasteiger partial charge on any atom is -0.352 e. The van der Waals surface area contributed by atoms with Gasteiger partial charge in [-0.2, -0.15) is 0 Å². The van der Waals surface area contributed by atoms with Crippen LogP contribution in [0.3, 0.4) is 0 Å². The molecular weight excluding hydrogens is 420 g/mol. The lowest BCUT2D eigenvalue weighted by molar-refractivity contribution is 0.0954. The number of rotatable bonds is 8. The second-order valence-electron chi connectivity index (χ2n) is 5.83. The van der Waals surface area contributed by atoms with Gasteiger partial charge in [-0.3, -0.25) is 9.52 Å². The van der Waals surface area contributed by atoms with Gasteiger partial charge in [0.1, 0.15) is 5.01 Å². The van der Waals surface area contributed by atoms with E-state index in [4.69, 9.17) is 11.6 Å². The van der Waals surface area contributed by atoms with Gasteiger partial charge in [-0.15, -0.1) is 10.2 Å². The molecular formula is C18H17ClN4O3S2. The van der Waals surface area contributed by atoms with Crippen LogP contribution in [0.4, 0.5) is 5.13 Å². The summed E-state index contributed by atoms with van der Waals surface area (Å²) in [7, 11) is -3.58. The molecule has 0 atom stereocenters. The summed E-state index contributed by atoms with van der Waals surface area (Å²) in [6, 6.07) is 15.6. The number of carbonyl (C=O) groups is 1. The number of anilines is 1. The molecule has 1 heterocycles. The number of sulfonamides is 1. The predicted octanol–water partition coefficient (Wildman–Crippen LogP) is 3.11. The van der Waals surface area contributed by atoms with Crippen molar-refractivity contribution in [2.75, 3.05) is 11.3 Å². The molecule has 146 valence electrons. The normalized spacial score (nSPS) is 11.2. The van der Waals surface area contributed by atoms with E-state index < -0.39 is 10.0 Å². The van der Waals surface area contributed by atoms with Crippen molar-refractivity contribution in [2.24, 2.45) is 0 Å². The molecule has 0 radical (unpaired) electrons. The molecule has 0 spiro atoms. The lowest BCUT2D eigenvalue weighted by atomic mass is 10.2. The Bertz CT molecular complexity index is 1060. The molecule has 0 unspecified atom stereocenters. The Labute approximate surface area is 171 Å². The van der Waals surface area contributed by atoms with Crippen LogP contribution in [0.15, 0.2) is 54.6 Å². The molecule has 1 amide bonds. The maximum absolute atomic E-state index is 12.2. The summed E-state index contributed by atoms with van der Waals surface area (Å²) in [4.78, 5) is 12.1. The summed E-state index contributed by atoms with van der Waals surface area (Å²) >= 11 is 7.12. The first-order chi connectivity index (χ1) is 13.4. The smallest absolute Gasteiger partial charge is 0.252 e. The van der Waals surface area contributed by atoms with E-state index in [-0.39, 0.29) is 16.8 Å². The van der Waals surface area contributed by atoms with E-state index >= 15 is 0 Å². The Morgan fingerprint density at radius 1 is 1.04 bits per heavy atom. The maximum atomic E-state index is 12.2. The molecule has 0 aliphatic carbocycles. The summed E-state index contributed by atoms with van der Waals surface area (Å²) in [6.45, 7) is 0.329. The van der Waals surface area contributed by atoms with Gasteiger partial charge in [0, 0.05) is 13.0 Å². The van der Waals surface area contributed by atoms with E-state index in [1.165, 1.54) is 0 Å². The van der Waals surface area contributed by atoms with Crippen LogP contribution in [0.5, 0.6) is 0 Å². The third kappa shape index (κ3) is 5.75. The number of carbonyl (C=O) groups excluding carboxylic acids is 1. The molecule has 10 heteroatoms. The molecule has 0 saturated heterocycles. The van der Waals surface area contributed by atoms with E-state index in [1.807, 2.05) is 6.07 Å². The molecule has 2 N–H and O–H groups in total. The molecule has 3 rings (SSSR count). The maximum Gasteiger partial charge on any atom is 0.252 e. The number of halogens is 1. The summed E-state index contributed by atoms with van der Waals surface area (Å²) in [5, 5.41) is 11.8. The van der Waals surface area contributed by atoms with Crippen LogP contribution in [0, 0.1) is 0 Å². The zero-order valence-electron chi connectivity index (χ0n) is 14.6. The molecule has 3 aromatic rings. The van der Waals surface area contributed by atoms with E-state index in [0.717, 1.165) is 11.3 Å². The van der Waals surface area contributed by atoms with Crippen molar-refractivity contribution in [1.82, 2.24) is 15.5 Å². The van der Waals surface area contributed by atoms with Gasteiger partial charge < -0.3 is 5.32 Å². The Morgan fingerprint density at radius 3 is 2.50 bits per heavy atom. The summed E-state index contributed by atoms with van der Waals surface area (Å²) in [6.07, 6.45) is 0.425. The minimum atomic E-state index is -3.58. The topological polar surface area (TPSA) is 101 Å². The fourth-order valence-electron chi connectivity index (χ4n) is 2.38. The Kier molecular flexibility index (Phi) is 6.61. The number of benzene rings is 2. The molecule has 28 heavy (non-hydrogen) atoms. The summed E-state index contributed by atoms with van der Waals surface area (Å²) in [5.74, 6) is -0.421. The first kappa shape index (κ1) is 20.2. The van der Waals surface area contributed by atoms with E-state index in [0.29, 0.717) is 34.1 Å². The van der Waals surface area contributed by atoms with Crippen molar-refractivity contribution >= 4 is 44.0 Å². The van der Waals surface area contributed by atoms with Gasteiger partial charge in [0.2, 0.25) is 15.2 Å². The largest absolute Gasteiger partial charge is 0.352 e. The van der Waals surface area contributed by atoms with Crippen molar-refractivity contribution in [2.45, 2.75) is 12.2 Å². The number of amides is 1. The lowest BCUT2D eigenvalue weighted by Gasteiger charge is -2.05. The highest BCUT2D eigenvalue weighted by atomic mass is 35.5.